The topological polar surface area (TPSA) is 63.2 Å². The van der Waals surface area contributed by atoms with Gasteiger partial charge in [0.05, 0.1) is 27.4 Å². The number of hydrogen-bond donors (Lipinski definition) is 1. The third-order valence-corrected chi connectivity index (χ3v) is 6.97. The number of carbonyl (C=O) groups is 1. The largest absolute Gasteiger partial charge is 0.357 e. The molecule has 0 radical (unpaired) electrons. The van der Waals surface area contributed by atoms with E-state index in [9.17, 15) is 13.6 Å². The second kappa shape index (κ2) is 7.76. The number of carbonyl (C=O) groups excluding carboxylic acids is 1. The third kappa shape index (κ3) is 3.60. The first-order chi connectivity index (χ1) is 14.8. The van der Waals surface area contributed by atoms with E-state index in [1.54, 1.807) is 9.58 Å². The molecule has 1 fully saturated rings. The van der Waals surface area contributed by atoms with Gasteiger partial charge in [-0.25, -0.2) is 0 Å². The molecule has 1 N–H and O–H groups in total. The van der Waals surface area contributed by atoms with Crippen LogP contribution in [0, 0.1) is 5.92 Å². The number of alkyl halides is 2. The predicted octanol–water partition coefficient (Wildman–Crippen LogP) is 4.78. The maximum absolute atomic E-state index is 13.0. The van der Waals surface area contributed by atoms with Gasteiger partial charge < -0.3 is 14.6 Å². The second-order valence-electron chi connectivity index (χ2n) is 8.12. The molecule has 2 aromatic heterocycles. The SMILES string of the molecule is Cn1ccc(-c2cc(Cl)c(Cl)c3[nH]c4c(c23)CN(C(=O)C2CC(OC(F)F)C2)CC4)n1. The fourth-order valence-electron chi connectivity index (χ4n) is 4.57. The van der Waals surface area contributed by atoms with Crippen molar-refractivity contribution in [1.82, 2.24) is 19.7 Å². The zero-order chi connectivity index (χ0) is 21.9. The summed E-state index contributed by atoms with van der Waals surface area (Å²) in [5.74, 6) is -0.294. The van der Waals surface area contributed by atoms with Crippen LogP contribution < -0.4 is 0 Å². The Kier molecular flexibility index (Phi) is 5.19. The van der Waals surface area contributed by atoms with Gasteiger partial charge in [0.1, 0.15) is 0 Å². The number of halogens is 4. The quantitative estimate of drug-likeness (QED) is 0.599. The molecule has 1 amide bonds. The highest BCUT2D eigenvalue weighted by molar-refractivity contribution is 6.45. The number of aromatic nitrogens is 3. The van der Waals surface area contributed by atoms with Crippen molar-refractivity contribution in [1.29, 1.82) is 0 Å². The van der Waals surface area contributed by atoms with Crippen LogP contribution in [0.4, 0.5) is 8.78 Å². The number of aryl methyl sites for hydroxylation is 1. The molecule has 1 aliphatic carbocycles. The molecular formula is C21H20Cl2F2N4O2. The van der Waals surface area contributed by atoms with Crippen LogP contribution in [0.5, 0.6) is 0 Å². The molecule has 0 bridgehead atoms. The lowest BCUT2D eigenvalue weighted by Crippen LogP contribution is -2.46. The Bertz CT molecular complexity index is 1170. The number of benzene rings is 1. The van der Waals surface area contributed by atoms with Gasteiger partial charge in [0.2, 0.25) is 5.91 Å². The van der Waals surface area contributed by atoms with Crippen LogP contribution in [0.2, 0.25) is 10.0 Å². The third-order valence-electron chi connectivity index (χ3n) is 6.18. The fraction of sp³-hybridized carbons (Fsp3) is 0.429. The van der Waals surface area contributed by atoms with Gasteiger partial charge in [-0.05, 0) is 25.0 Å². The Hall–Kier alpha value is -2.16. The molecular weight excluding hydrogens is 449 g/mol. The van der Waals surface area contributed by atoms with Gasteiger partial charge in [0.25, 0.3) is 0 Å². The van der Waals surface area contributed by atoms with E-state index < -0.39 is 12.7 Å². The van der Waals surface area contributed by atoms with E-state index in [1.165, 1.54) is 0 Å². The van der Waals surface area contributed by atoms with Gasteiger partial charge >= 0.3 is 6.61 Å². The average Bonchev–Trinajstić information content (AvgIpc) is 3.30. The molecule has 1 aromatic carbocycles. The summed E-state index contributed by atoms with van der Waals surface area (Å²) in [6.07, 6.45) is 2.63. The van der Waals surface area contributed by atoms with E-state index in [2.05, 4.69) is 14.8 Å². The van der Waals surface area contributed by atoms with Crippen molar-refractivity contribution < 1.29 is 18.3 Å². The highest BCUT2D eigenvalue weighted by atomic mass is 35.5. The number of H-pyrrole nitrogens is 1. The first-order valence-electron chi connectivity index (χ1n) is 10.1. The highest BCUT2D eigenvalue weighted by Crippen LogP contribution is 2.42. The summed E-state index contributed by atoms with van der Waals surface area (Å²) in [7, 11) is 1.84. The first kappa shape index (κ1) is 20.7. The maximum atomic E-state index is 13.0. The lowest BCUT2D eigenvalue weighted by Gasteiger charge is -2.38. The van der Waals surface area contributed by atoms with Crippen LogP contribution in [0.1, 0.15) is 24.1 Å². The number of fused-ring (bicyclic) bond motifs is 3. The molecule has 6 nitrogen and oxygen atoms in total. The molecule has 5 rings (SSSR count). The molecule has 0 unspecified atom stereocenters. The van der Waals surface area contributed by atoms with E-state index >= 15 is 0 Å². The Balaban J connectivity index is 1.47. The van der Waals surface area contributed by atoms with E-state index in [-0.39, 0.29) is 11.8 Å². The molecule has 0 saturated heterocycles. The lowest BCUT2D eigenvalue weighted by atomic mass is 9.81. The normalized spacial score (nSPS) is 20.9. The van der Waals surface area contributed by atoms with Crippen molar-refractivity contribution in [3.63, 3.8) is 0 Å². The second-order valence-corrected chi connectivity index (χ2v) is 8.91. The van der Waals surface area contributed by atoms with Gasteiger partial charge in [-0.1, -0.05) is 23.2 Å². The predicted molar refractivity (Wildman–Crippen MR) is 113 cm³/mol. The number of amides is 1. The average molecular weight is 469 g/mol. The Labute approximate surface area is 187 Å². The summed E-state index contributed by atoms with van der Waals surface area (Å²) in [5.41, 5.74) is 4.37. The number of aromatic amines is 1. The summed E-state index contributed by atoms with van der Waals surface area (Å²) < 4.78 is 30.9. The Morgan fingerprint density at radius 1 is 1.35 bits per heavy atom. The van der Waals surface area contributed by atoms with E-state index in [0.717, 1.165) is 33.4 Å². The van der Waals surface area contributed by atoms with Gasteiger partial charge in [-0.2, -0.15) is 13.9 Å². The smallest absolute Gasteiger partial charge is 0.345 e. The van der Waals surface area contributed by atoms with E-state index in [4.69, 9.17) is 23.2 Å². The van der Waals surface area contributed by atoms with Gasteiger partial charge in [-0.15, -0.1) is 0 Å². The number of hydrogen-bond acceptors (Lipinski definition) is 3. The van der Waals surface area contributed by atoms with Crippen molar-refractivity contribution in [3.05, 3.63) is 39.6 Å². The summed E-state index contributed by atoms with van der Waals surface area (Å²) in [5, 5.41) is 6.29. The lowest BCUT2D eigenvalue weighted by molar-refractivity contribution is -0.195. The fourth-order valence-corrected chi connectivity index (χ4v) is 4.97. The first-order valence-corrected chi connectivity index (χ1v) is 10.8. The van der Waals surface area contributed by atoms with Crippen LogP contribution in [0.3, 0.4) is 0 Å². The summed E-state index contributed by atoms with van der Waals surface area (Å²) in [6.45, 7) is -1.82. The molecule has 3 heterocycles. The molecule has 1 saturated carbocycles. The standard InChI is InChI=1S/C21H20Cl2F2N4O2/c1-28-4-2-16(27-28)12-8-14(22)18(23)19-17(12)13-9-29(5-3-15(13)26-19)20(30)10-6-11(7-10)31-21(24)25/h2,4,8,10-11,21,26H,3,5-7,9H2,1H3. The summed E-state index contributed by atoms with van der Waals surface area (Å²) >= 11 is 12.9. The number of ether oxygens (including phenoxy) is 1. The van der Waals surface area contributed by atoms with Crippen molar-refractivity contribution in [3.8, 4) is 11.3 Å². The molecule has 3 aromatic rings. The van der Waals surface area contributed by atoms with Gasteiger partial charge in [0.15, 0.2) is 0 Å². The van der Waals surface area contributed by atoms with E-state index in [0.29, 0.717) is 42.4 Å². The van der Waals surface area contributed by atoms with Gasteiger partial charge in [-0.3, -0.25) is 9.48 Å². The summed E-state index contributed by atoms with van der Waals surface area (Å²) in [6, 6.07) is 3.71. The van der Waals surface area contributed by atoms with Crippen molar-refractivity contribution in [2.45, 2.75) is 38.5 Å². The number of nitrogens with zero attached hydrogens (tertiary/aromatic N) is 3. The van der Waals surface area contributed by atoms with Crippen molar-refractivity contribution in [2.24, 2.45) is 13.0 Å². The van der Waals surface area contributed by atoms with Crippen LogP contribution in [-0.2, 0) is 29.5 Å². The molecule has 1 aliphatic heterocycles. The van der Waals surface area contributed by atoms with Crippen molar-refractivity contribution >= 4 is 40.0 Å². The zero-order valence-corrected chi connectivity index (χ0v) is 18.2. The zero-order valence-electron chi connectivity index (χ0n) is 16.7. The van der Waals surface area contributed by atoms with Gasteiger partial charge in [0, 0.05) is 60.9 Å². The number of rotatable bonds is 4. The van der Waals surface area contributed by atoms with Crippen LogP contribution >= 0.6 is 23.2 Å². The molecule has 0 spiro atoms. The van der Waals surface area contributed by atoms with Crippen molar-refractivity contribution in [2.75, 3.05) is 6.54 Å². The molecule has 2 aliphatic rings. The van der Waals surface area contributed by atoms with Crippen LogP contribution in [0.15, 0.2) is 18.3 Å². The van der Waals surface area contributed by atoms with Crippen LogP contribution in [0.25, 0.3) is 22.2 Å². The monoisotopic (exact) mass is 468 g/mol. The molecule has 0 atom stereocenters. The minimum atomic E-state index is -2.80. The maximum Gasteiger partial charge on any atom is 0.345 e. The minimum Gasteiger partial charge on any atom is -0.357 e. The number of nitrogens with one attached hydrogen (secondary N) is 1. The minimum absolute atomic E-state index is 0.0198. The Morgan fingerprint density at radius 2 is 2.13 bits per heavy atom. The molecule has 164 valence electrons. The van der Waals surface area contributed by atoms with Crippen LogP contribution in [-0.4, -0.2) is 44.8 Å². The highest BCUT2D eigenvalue weighted by Gasteiger charge is 2.40. The molecule has 31 heavy (non-hydrogen) atoms. The molecule has 10 heteroatoms. The Morgan fingerprint density at radius 3 is 2.81 bits per heavy atom. The summed E-state index contributed by atoms with van der Waals surface area (Å²) in [4.78, 5) is 18.2. The van der Waals surface area contributed by atoms with E-state index in [1.807, 2.05) is 25.4 Å².